The van der Waals surface area contributed by atoms with Crippen molar-refractivity contribution >= 4 is 11.7 Å². The zero-order valence-corrected chi connectivity index (χ0v) is 10.9. The molecular formula is C14H20N2O2. The number of benzene rings is 1. The van der Waals surface area contributed by atoms with Crippen LogP contribution < -0.4 is 4.90 Å². The largest absolute Gasteiger partial charge is 0.480 e. The predicted molar refractivity (Wildman–Crippen MR) is 71.9 cm³/mol. The minimum atomic E-state index is -0.726. The van der Waals surface area contributed by atoms with Crippen molar-refractivity contribution in [1.82, 2.24) is 4.90 Å². The Balaban J connectivity index is 2.23. The SMILES string of the molecule is CN(C)[C@@H]1CCC(C(=O)O)N(c2ccccc2)C1. The molecule has 0 radical (unpaired) electrons. The van der Waals surface area contributed by atoms with E-state index in [-0.39, 0.29) is 0 Å². The summed E-state index contributed by atoms with van der Waals surface area (Å²) in [6, 6.07) is 9.83. The molecule has 1 N–H and O–H groups in total. The van der Waals surface area contributed by atoms with Crippen LogP contribution in [0.2, 0.25) is 0 Å². The van der Waals surface area contributed by atoms with E-state index in [0.717, 1.165) is 18.7 Å². The van der Waals surface area contributed by atoms with Crippen molar-refractivity contribution in [1.29, 1.82) is 0 Å². The number of hydrogen-bond donors (Lipinski definition) is 1. The van der Waals surface area contributed by atoms with Gasteiger partial charge in [0.2, 0.25) is 0 Å². The standard InChI is InChI=1S/C14H20N2O2/c1-15(2)12-8-9-13(14(17)18)16(10-12)11-6-4-3-5-7-11/h3-7,12-13H,8-10H2,1-2H3,(H,17,18)/t12-,13?/m1/s1. The summed E-state index contributed by atoms with van der Waals surface area (Å²) in [5, 5.41) is 9.34. The van der Waals surface area contributed by atoms with Gasteiger partial charge in [0, 0.05) is 18.3 Å². The first kappa shape index (κ1) is 12.9. The molecule has 1 aromatic carbocycles. The molecule has 1 heterocycles. The zero-order valence-electron chi connectivity index (χ0n) is 10.9. The number of piperidine rings is 1. The van der Waals surface area contributed by atoms with Crippen molar-refractivity contribution in [2.24, 2.45) is 0 Å². The second-order valence-electron chi connectivity index (χ2n) is 5.04. The average Bonchev–Trinajstić information content (AvgIpc) is 2.39. The van der Waals surface area contributed by atoms with E-state index in [1.165, 1.54) is 0 Å². The van der Waals surface area contributed by atoms with Gasteiger partial charge < -0.3 is 14.9 Å². The van der Waals surface area contributed by atoms with Gasteiger partial charge in [0.05, 0.1) is 0 Å². The third-order valence-electron chi connectivity index (χ3n) is 3.66. The molecule has 0 amide bonds. The van der Waals surface area contributed by atoms with Gasteiger partial charge in [0.15, 0.2) is 0 Å². The summed E-state index contributed by atoms with van der Waals surface area (Å²) < 4.78 is 0. The van der Waals surface area contributed by atoms with Crippen LogP contribution in [0, 0.1) is 0 Å². The Labute approximate surface area is 108 Å². The lowest BCUT2D eigenvalue weighted by Crippen LogP contribution is -2.53. The van der Waals surface area contributed by atoms with Crippen molar-refractivity contribution in [3.05, 3.63) is 30.3 Å². The first-order valence-electron chi connectivity index (χ1n) is 6.30. The Morgan fingerprint density at radius 1 is 1.28 bits per heavy atom. The van der Waals surface area contributed by atoms with Gasteiger partial charge in [-0.05, 0) is 39.1 Å². The van der Waals surface area contributed by atoms with E-state index >= 15 is 0 Å². The van der Waals surface area contributed by atoms with Gasteiger partial charge >= 0.3 is 5.97 Å². The average molecular weight is 248 g/mol. The van der Waals surface area contributed by atoms with Crippen LogP contribution in [-0.2, 0) is 4.79 Å². The van der Waals surface area contributed by atoms with Crippen molar-refractivity contribution in [3.8, 4) is 0 Å². The Kier molecular flexibility index (Phi) is 3.87. The van der Waals surface area contributed by atoms with Gasteiger partial charge in [0.1, 0.15) is 6.04 Å². The molecule has 1 aliphatic heterocycles. The fourth-order valence-corrected chi connectivity index (χ4v) is 2.53. The number of likely N-dealkylation sites (N-methyl/N-ethyl adjacent to an activating group) is 1. The minimum absolute atomic E-state index is 0.399. The van der Waals surface area contributed by atoms with E-state index in [0.29, 0.717) is 12.5 Å². The number of rotatable bonds is 3. The second-order valence-corrected chi connectivity index (χ2v) is 5.04. The molecule has 1 unspecified atom stereocenters. The van der Waals surface area contributed by atoms with Crippen molar-refractivity contribution in [2.75, 3.05) is 25.5 Å². The molecule has 4 heteroatoms. The topological polar surface area (TPSA) is 43.8 Å². The molecule has 0 spiro atoms. The minimum Gasteiger partial charge on any atom is -0.480 e. The fraction of sp³-hybridized carbons (Fsp3) is 0.500. The molecule has 0 saturated carbocycles. The molecule has 1 aliphatic rings. The monoisotopic (exact) mass is 248 g/mol. The Morgan fingerprint density at radius 3 is 2.50 bits per heavy atom. The van der Waals surface area contributed by atoms with Crippen molar-refractivity contribution < 1.29 is 9.90 Å². The molecule has 0 bridgehead atoms. The van der Waals surface area contributed by atoms with Gasteiger partial charge in [-0.3, -0.25) is 0 Å². The quantitative estimate of drug-likeness (QED) is 0.883. The second kappa shape index (κ2) is 5.40. The van der Waals surface area contributed by atoms with Gasteiger partial charge in [-0.25, -0.2) is 4.79 Å². The van der Waals surface area contributed by atoms with Crippen LogP contribution in [0.25, 0.3) is 0 Å². The lowest BCUT2D eigenvalue weighted by molar-refractivity contribution is -0.139. The van der Waals surface area contributed by atoms with Gasteiger partial charge in [-0.2, -0.15) is 0 Å². The normalized spacial score (nSPS) is 24.3. The third kappa shape index (κ3) is 2.64. The molecular weight excluding hydrogens is 228 g/mol. The number of carboxylic acids is 1. The van der Waals surface area contributed by atoms with E-state index in [1.54, 1.807) is 0 Å². The highest BCUT2D eigenvalue weighted by atomic mass is 16.4. The van der Waals surface area contributed by atoms with E-state index in [2.05, 4.69) is 19.0 Å². The summed E-state index contributed by atoms with van der Waals surface area (Å²) in [6.45, 7) is 0.772. The number of nitrogens with zero attached hydrogens (tertiary/aromatic N) is 2. The number of carboxylic acid groups (broad SMARTS) is 1. The Bertz CT molecular complexity index is 406. The lowest BCUT2D eigenvalue weighted by Gasteiger charge is -2.41. The summed E-state index contributed by atoms with van der Waals surface area (Å²) in [5.74, 6) is -0.726. The summed E-state index contributed by atoms with van der Waals surface area (Å²) in [7, 11) is 4.10. The van der Waals surface area contributed by atoms with Crippen LogP contribution in [0.15, 0.2) is 30.3 Å². The first-order chi connectivity index (χ1) is 8.59. The third-order valence-corrected chi connectivity index (χ3v) is 3.66. The molecule has 98 valence electrons. The number of hydrogen-bond acceptors (Lipinski definition) is 3. The smallest absolute Gasteiger partial charge is 0.326 e. The van der Waals surface area contributed by atoms with Crippen molar-refractivity contribution in [2.45, 2.75) is 24.9 Å². The van der Waals surface area contributed by atoms with Crippen LogP contribution in [0.5, 0.6) is 0 Å². The lowest BCUT2D eigenvalue weighted by atomic mass is 9.96. The molecule has 0 aromatic heterocycles. The molecule has 2 rings (SSSR count). The van der Waals surface area contributed by atoms with Crippen LogP contribution in [0.4, 0.5) is 5.69 Å². The van der Waals surface area contributed by atoms with Gasteiger partial charge in [0.25, 0.3) is 0 Å². The highest BCUT2D eigenvalue weighted by Gasteiger charge is 2.33. The number of aliphatic carboxylic acids is 1. The Hall–Kier alpha value is -1.55. The molecule has 4 nitrogen and oxygen atoms in total. The van der Waals surface area contributed by atoms with E-state index in [1.807, 2.05) is 35.2 Å². The summed E-state index contributed by atoms with van der Waals surface area (Å²) in [6.07, 6.45) is 1.64. The predicted octanol–water partition coefficient (Wildman–Crippen LogP) is 1.67. The van der Waals surface area contributed by atoms with Gasteiger partial charge in [-0.15, -0.1) is 0 Å². The molecule has 0 aliphatic carbocycles. The highest BCUT2D eigenvalue weighted by Crippen LogP contribution is 2.26. The molecule has 1 fully saturated rings. The molecule has 2 atom stereocenters. The summed E-state index contributed by atoms with van der Waals surface area (Å²) in [5.41, 5.74) is 0.997. The molecule has 1 aromatic rings. The molecule has 1 saturated heterocycles. The maximum absolute atomic E-state index is 11.4. The number of para-hydroxylation sites is 1. The fourth-order valence-electron chi connectivity index (χ4n) is 2.53. The number of anilines is 1. The zero-order chi connectivity index (χ0) is 13.1. The van der Waals surface area contributed by atoms with Crippen LogP contribution in [-0.4, -0.2) is 48.7 Å². The first-order valence-corrected chi connectivity index (χ1v) is 6.30. The summed E-state index contributed by atoms with van der Waals surface area (Å²) in [4.78, 5) is 15.5. The highest BCUT2D eigenvalue weighted by molar-refractivity contribution is 5.78. The van der Waals surface area contributed by atoms with Crippen LogP contribution >= 0.6 is 0 Å². The summed E-state index contributed by atoms with van der Waals surface area (Å²) >= 11 is 0. The van der Waals surface area contributed by atoms with Crippen molar-refractivity contribution in [3.63, 3.8) is 0 Å². The van der Waals surface area contributed by atoms with Crippen LogP contribution in [0.1, 0.15) is 12.8 Å². The maximum Gasteiger partial charge on any atom is 0.326 e. The Morgan fingerprint density at radius 2 is 1.94 bits per heavy atom. The van der Waals surface area contributed by atoms with Crippen LogP contribution in [0.3, 0.4) is 0 Å². The van der Waals surface area contributed by atoms with Gasteiger partial charge in [-0.1, -0.05) is 18.2 Å². The van der Waals surface area contributed by atoms with E-state index < -0.39 is 12.0 Å². The van der Waals surface area contributed by atoms with E-state index in [9.17, 15) is 9.90 Å². The van der Waals surface area contributed by atoms with E-state index in [4.69, 9.17) is 0 Å². The maximum atomic E-state index is 11.4. The number of carbonyl (C=O) groups is 1. The molecule has 18 heavy (non-hydrogen) atoms.